The van der Waals surface area contributed by atoms with Crippen molar-refractivity contribution in [1.29, 1.82) is 0 Å². The molecule has 0 aromatic heterocycles. The number of aryl methyl sites for hydroxylation is 2. The number of hydrogen-bond acceptors (Lipinski definition) is 1. The molecule has 94 valence electrons. The molecule has 1 aromatic carbocycles. The molecule has 0 heterocycles. The van der Waals surface area contributed by atoms with Crippen molar-refractivity contribution in [2.75, 3.05) is 6.54 Å². The SMILES string of the molecule is Cc1ccc(C(C)NCC2(C)CCC2)cc1C. The molecule has 17 heavy (non-hydrogen) atoms. The third kappa shape index (κ3) is 2.90. The topological polar surface area (TPSA) is 12.0 Å². The van der Waals surface area contributed by atoms with Gasteiger partial charge in [0.2, 0.25) is 0 Å². The van der Waals surface area contributed by atoms with Crippen molar-refractivity contribution >= 4 is 0 Å². The highest BCUT2D eigenvalue weighted by atomic mass is 14.9. The first-order chi connectivity index (χ1) is 8.00. The Kier molecular flexibility index (Phi) is 3.58. The Bertz CT molecular complexity index is 391. The van der Waals surface area contributed by atoms with Crippen LogP contribution < -0.4 is 5.32 Å². The van der Waals surface area contributed by atoms with Crippen LogP contribution in [-0.2, 0) is 0 Å². The average Bonchev–Trinajstić information content (AvgIpc) is 2.27. The van der Waals surface area contributed by atoms with Crippen molar-refractivity contribution in [2.24, 2.45) is 5.41 Å². The predicted molar refractivity (Wildman–Crippen MR) is 74.3 cm³/mol. The molecule has 1 N–H and O–H groups in total. The summed E-state index contributed by atoms with van der Waals surface area (Å²) < 4.78 is 0. The zero-order valence-electron chi connectivity index (χ0n) is 11.6. The summed E-state index contributed by atoms with van der Waals surface area (Å²) in [6.07, 6.45) is 4.19. The highest BCUT2D eigenvalue weighted by molar-refractivity contribution is 5.31. The van der Waals surface area contributed by atoms with Gasteiger partial charge < -0.3 is 5.32 Å². The summed E-state index contributed by atoms with van der Waals surface area (Å²) in [5, 5.41) is 3.69. The second-order valence-electron chi connectivity index (χ2n) is 6.11. The van der Waals surface area contributed by atoms with Crippen LogP contribution in [0.2, 0.25) is 0 Å². The van der Waals surface area contributed by atoms with Gasteiger partial charge in [0, 0.05) is 12.6 Å². The van der Waals surface area contributed by atoms with Crippen LogP contribution in [0.4, 0.5) is 0 Å². The van der Waals surface area contributed by atoms with Crippen molar-refractivity contribution in [2.45, 2.75) is 53.0 Å². The summed E-state index contributed by atoms with van der Waals surface area (Å²) in [5.41, 5.74) is 4.75. The van der Waals surface area contributed by atoms with E-state index in [-0.39, 0.29) is 0 Å². The van der Waals surface area contributed by atoms with E-state index in [1.54, 1.807) is 0 Å². The number of hydrogen-bond donors (Lipinski definition) is 1. The van der Waals surface area contributed by atoms with Crippen LogP contribution in [0.5, 0.6) is 0 Å². The monoisotopic (exact) mass is 231 g/mol. The fraction of sp³-hybridized carbons (Fsp3) is 0.625. The van der Waals surface area contributed by atoms with E-state index < -0.39 is 0 Å². The van der Waals surface area contributed by atoms with Crippen LogP contribution in [0.1, 0.15) is 55.8 Å². The van der Waals surface area contributed by atoms with E-state index in [1.165, 1.54) is 36.0 Å². The molecular formula is C16H25N. The highest BCUT2D eigenvalue weighted by Crippen LogP contribution is 2.39. The molecule has 1 heteroatoms. The van der Waals surface area contributed by atoms with E-state index in [1.807, 2.05) is 0 Å². The summed E-state index contributed by atoms with van der Waals surface area (Å²) in [7, 11) is 0. The number of rotatable bonds is 4. The van der Waals surface area contributed by atoms with Crippen LogP contribution in [0.3, 0.4) is 0 Å². The first-order valence-electron chi connectivity index (χ1n) is 6.81. The minimum atomic E-state index is 0.465. The third-order valence-electron chi connectivity index (χ3n) is 4.43. The maximum Gasteiger partial charge on any atom is 0.0292 e. The van der Waals surface area contributed by atoms with Gasteiger partial charge in [-0.2, -0.15) is 0 Å². The molecule has 0 spiro atoms. The zero-order chi connectivity index (χ0) is 12.5. The molecule has 0 bridgehead atoms. The highest BCUT2D eigenvalue weighted by Gasteiger charge is 2.31. The van der Waals surface area contributed by atoms with E-state index in [9.17, 15) is 0 Å². The molecule has 1 aromatic rings. The normalized spacial score (nSPS) is 19.8. The van der Waals surface area contributed by atoms with Crippen LogP contribution in [0.15, 0.2) is 18.2 Å². The summed E-state index contributed by atoms with van der Waals surface area (Å²) in [4.78, 5) is 0. The smallest absolute Gasteiger partial charge is 0.0292 e. The molecule has 0 amide bonds. The maximum absolute atomic E-state index is 3.69. The molecule has 1 fully saturated rings. The molecule has 0 aliphatic heterocycles. The lowest BCUT2D eigenvalue weighted by Crippen LogP contribution is -2.38. The van der Waals surface area contributed by atoms with Gasteiger partial charge >= 0.3 is 0 Å². The van der Waals surface area contributed by atoms with Crippen molar-refractivity contribution in [1.82, 2.24) is 5.32 Å². The van der Waals surface area contributed by atoms with Gasteiger partial charge in [-0.05, 0) is 55.7 Å². The van der Waals surface area contributed by atoms with E-state index in [4.69, 9.17) is 0 Å². The van der Waals surface area contributed by atoms with Gasteiger partial charge in [0.1, 0.15) is 0 Å². The molecule has 1 nitrogen and oxygen atoms in total. The van der Waals surface area contributed by atoms with Crippen molar-refractivity contribution in [3.63, 3.8) is 0 Å². The fourth-order valence-corrected chi connectivity index (χ4v) is 2.51. The molecular weight excluding hydrogens is 206 g/mol. The van der Waals surface area contributed by atoms with E-state index >= 15 is 0 Å². The Labute approximate surface area is 106 Å². The van der Waals surface area contributed by atoms with Gasteiger partial charge in [-0.15, -0.1) is 0 Å². The van der Waals surface area contributed by atoms with Gasteiger partial charge in [0.15, 0.2) is 0 Å². The molecule has 1 aliphatic rings. The summed E-state index contributed by atoms with van der Waals surface area (Å²) >= 11 is 0. The Hall–Kier alpha value is -0.820. The molecule has 1 aliphatic carbocycles. The van der Waals surface area contributed by atoms with Crippen LogP contribution in [0.25, 0.3) is 0 Å². The molecule has 2 rings (SSSR count). The second-order valence-corrected chi connectivity index (χ2v) is 6.11. The summed E-state index contributed by atoms with van der Waals surface area (Å²) in [6, 6.07) is 7.26. The minimum absolute atomic E-state index is 0.465. The van der Waals surface area contributed by atoms with Crippen LogP contribution in [0, 0.1) is 19.3 Å². The quantitative estimate of drug-likeness (QED) is 0.821. The Balaban J connectivity index is 1.94. The lowest BCUT2D eigenvalue weighted by atomic mass is 9.70. The predicted octanol–water partition coefficient (Wildman–Crippen LogP) is 4.14. The van der Waals surface area contributed by atoms with Gasteiger partial charge in [-0.3, -0.25) is 0 Å². The summed E-state index contributed by atoms with van der Waals surface area (Å²) in [5.74, 6) is 0. The average molecular weight is 231 g/mol. The van der Waals surface area contributed by atoms with Gasteiger partial charge in [0.25, 0.3) is 0 Å². The minimum Gasteiger partial charge on any atom is -0.310 e. The third-order valence-corrected chi connectivity index (χ3v) is 4.43. The lowest BCUT2D eigenvalue weighted by molar-refractivity contribution is 0.152. The molecule has 1 atom stereocenters. The van der Waals surface area contributed by atoms with Gasteiger partial charge in [-0.25, -0.2) is 0 Å². The van der Waals surface area contributed by atoms with Gasteiger partial charge in [0.05, 0.1) is 0 Å². The standard InChI is InChI=1S/C16H25N/c1-12-6-7-15(10-13(12)2)14(3)17-11-16(4)8-5-9-16/h6-7,10,14,17H,5,8-9,11H2,1-4H3. The number of benzene rings is 1. The first-order valence-corrected chi connectivity index (χ1v) is 6.81. The van der Waals surface area contributed by atoms with E-state index in [2.05, 4.69) is 51.2 Å². The molecule has 1 unspecified atom stereocenters. The fourth-order valence-electron chi connectivity index (χ4n) is 2.51. The molecule has 0 saturated heterocycles. The second kappa shape index (κ2) is 4.81. The zero-order valence-corrected chi connectivity index (χ0v) is 11.6. The summed E-state index contributed by atoms with van der Waals surface area (Å²) in [6.45, 7) is 10.2. The van der Waals surface area contributed by atoms with E-state index in [0.717, 1.165) is 6.54 Å². The van der Waals surface area contributed by atoms with Crippen molar-refractivity contribution < 1.29 is 0 Å². The molecule has 0 radical (unpaired) electrons. The van der Waals surface area contributed by atoms with Crippen LogP contribution >= 0.6 is 0 Å². The molecule has 1 saturated carbocycles. The van der Waals surface area contributed by atoms with Crippen molar-refractivity contribution in [3.8, 4) is 0 Å². The van der Waals surface area contributed by atoms with Crippen LogP contribution in [-0.4, -0.2) is 6.54 Å². The Morgan fingerprint density at radius 3 is 2.47 bits per heavy atom. The lowest BCUT2D eigenvalue weighted by Gasteiger charge is -2.39. The maximum atomic E-state index is 3.69. The number of nitrogens with one attached hydrogen (secondary N) is 1. The van der Waals surface area contributed by atoms with E-state index in [0.29, 0.717) is 11.5 Å². The first kappa shape index (κ1) is 12.6. The Morgan fingerprint density at radius 1 is 1.24 bits per heavy atom. The Morgan fingerprint density at radius 2 is 1.94 bits per heavy atom. The van der Waals surface area contributed by atoms with Crippen molar-refractivity contribution in [3.05, 3.63) is 34.9 Å². The van der Waals surface area contributed by atoms with Gasteiger partial charge in [-0.1, -0.05) is 31.5 Å². The largest absolute Gasteiger partial charge is 0.310 e.